The standard InChI is InChI=1S/C19H19ClN4O/c1-2-15(12-25)23-24-18-11-21-19(13-6-4-3-5-7-13)16-10-14(20)8-9-17(16)22-18/h3-10,25H,2,11-12H2,1H3,(H,22,24). The zero-order chi connectivity index (χ0) is 17.6. The van der Waals surface area contributed by atoms with Gasteiger partial charge in [-0.1, -0.05) is 48.9 Å². The summed E-state index contributed by atoms with van der Waals surface area (Å²) in [5.41, 5.74) is 7.12. The van der Waals surface area contributed by atoms with Gasteiger partial charge in [-0.3, -0.25) is 10.4 Å². The molecule has 5 nitrogen and oxygen atoms in total. The molecule has 2 N–H and O–H groups in total. The van der Waals surface area contributed by atoms with Crippen LogP contribution in [0.5, 0.6) is 0 Å². The van der Waals surface area contributed by atoms with Crippen molar-refractivity contribution in [3.63, 3.8) is 0 Å². The number of nitrogens with one attached hydrogen (secondary N) is 1. The van der Waals surface area contributed by atoms with Crippen LogP contribution in [0.3, 0.4) is 0 Å². The van der Waals surface area contributed by atoms with Crippen LogP contribution in [0.15, 0.2) is 63.6 Å². The van der Waals surface area contributed by atoms with Crippen LogP contribution in [0.1, 0.15) is 24.5 Å². The molecule has 0 amide bonds. The lowest BCUT2D eigenvalue weighted by atomic mass is 10.0. The molecule has 1 aliphatic rings. The van der Waals surface area contributed by atoms with E-state index in [1.807, 2.05) is 55.5 Å². The highest BCUT2D eigenvalue weighted by Crippen LogP contribution is 2.28. The van der Waals surface area contributed by atoms with E-state index in [0.29, 0.717) is 29.5 Å². The Balaban J connectivity index is 2.01. The molecule has 0 saturated heterocycles. The quantitative estimate of drug-likeness (QED) is 0.651. The number of halogens is 1. The van der Waals surface area contributed by atoms with Crippen molar-refractivity contribution in [2.75, 3.05) is 13.2 Å². The van der Waals surface area contributed by atoms with Crippen molar-refractivity contribution in [3.8, 4) is 0 Å². The van der Waals surface area contributed by atoms with Crippen LogP contribution in [0.25, 0.3) is 0 Å². The zero-order valence-corrected chi connectivity index (χ0v) is 14.7. The first-order valence-electron chi connectivity index (χ1n) is 8.11. The van der Waals surface area contributed by atoms with Gasteiger partial charge in [-0.25, -0.2) is 4.99 Å². The molecule has 0 aromatic heterocycles. The average molecular weight is 355 g/mol. The summed E-state index contributed by atoms with van der Waals surface area (Å²) in [5.74, 6) is 0.619. The van der Waals surface area contributed by atoms with E-state index in [1.165, 1.54) is 0 Å². The van der Waals surface area contributed by atoms with E-state index in [-0.39, 0.29) is 6.61 Å². The molecule has 0 saturated carbocycles. The molecule has 0 atom stereocenters. The lowest BCUT2D eigenvalue weighted by molar-refractivity contribution is 0.354. The normalized spacial score (nSPS) is 14.3. The van der Waals surface area contributed by atoms with Crippen LogP contribution in [-0.2, 0) is 0 Å². The lowest BCUT2D eigenvalue weighted by Crippen LogP contribution is -2.23. The second-order valence-electron chi connectivity index (χ2n) is 5.55. The molecule has 1 heterocycles. The number of benzene rings is 2. The molecule has 6 heteroatoms. The molecule has 2 aromatic rings. The number of hydrazone groups is 1. The van der Waals surface area contributed by atoms with Crippen molar-refractivity contribution in [2.45, 2.75) is 13.3 Å². The number of hydrogen-bond donors (Lipinski definition) is 2. The number of aliphatic hydroxyl groups is 1. The second-order valence-corrected chi connectivity index (χ2v) is 5.99. The fourth-order valence-electron chi connectivity index (χ4n) is 2.49. The van der Waals surface area contributed by atoms with Gasteiger partial charge in [-0.15, -0.1) is 0 Å². The van der Waals surface area contributed by atoms with Crippen LogP contribution >= 0.6 is 11.6 Å². The van der Waals surface area contributed by atoms with Crippen LogP contribution in [0, 0.1) is 0 Å². The molecule has 0 spiro atoms. The molecule has 0 bridgehead atoms. The van der Waals surface area contributed by atoms with Gasteiger partial charge in [0, 0.05) is 16.1 Å². The van der Waals surface area contributed by atoms with Crippen LogP contribution in [0.4, 0.5) is 5.69 Å². The Labute approximate surface area is 151 Å². The summed E-state index contributed by atoms with van der Waals surface area (Å²) < 4.78 is 0. The van der Waals surface area contributed by atoms with E-state index in [2.05, 4.69) is 15.5 Å². The monoisotopic (exact) mass is 354 g/mol. The van der Waals surface area contributed by atoms with Crippen molar-refractivity contribution in [1.82, 2.24) is 5.43 Å². The maximum atomic E-state index is 9.24. The number of aliphatic hydroxyl groups excluding tert-OH is 1. The Morgan fingerprint density at radius 2 is 2.04 bits per heavy atom. The fraction of sp³-hybridized carbons (Fsp3) is 0.211. The molecular weight excluding hydrogens is 336 g/mol. The van der Waals surface area contributed by atoms with E-state index in [4.69, 9.17) is 16.6 Å². The minimum atomic E-state index is -0.0818. The second kappa shape index (κ2) is 8.05. The van der Waals surface area contributed by atoms with Gasteiger partial charge < -0.3 is 5.11 Å². The third kappa shape index (κ3) is 4.13. The minimum absolute atomic E-state index is 0.0818. The van der Waals surface area contributed by atoms with E-state index >= 15 is 0 Å². The van der Waals surface area contributed by atoms with Crippen molar-refractivity contribution in [3.05, 3.63) is 64.7 Å². The molecular formula is C19H19ClN4O. The van der Waals surface area contributed by atoms with Crippen LogP contribution in [0.2, 0.25) is 5.02 Å². The minimum Gasteiger partial charge on any atom is -0.390 e. The Bertz CT molecular complexity index is 838. The Morgan fingerprint density at radius 1 is 1.24 bits per heavy atom. The highest BCUT2D eigenvalue weighted by Gasteiger charge is 2.16. The Morgan fingerprint density at radius 3 is 2.76 bits per heavy atom. The average Bonchev–Trinajstić information content (AvgIpc) is 2.82. The number of fused-ring (bicyclic) bond motifs is 1. The summed E-state index contributed by atoms with van der Waals surface area (Å²) in [6.07, 6.45) is 0.668. The molecule has 2 aromatic carbocycles. The van der Waals surface area contributed by atoms with Crippen LogP contribution < -0.4 is 5.43 Å². The summed E-state index contributed by atoms with van der Waals surface area (Å²) in [6.45, 7) is 2.22. The largest absolute Gasteiger partial charge is 0.390 e. The van der Waals surface area contributed by atoms with Gasteiger partial charge in [-0.05, 0) is 24.6 Å². The van der Waals surface area contributed by atoms with Gasteiger partial charge in [0.15, 0.2) is 0 Å². The maximum Gasteiger partial charge on any atom is 0.144 e. The van der Waals surface area contributed by atoms with Crippen molar-refractivity contribution >= 4 is 34.5 Å². The van der Waals surface area contributed by atoms with E-state index in [1.54, 1.807) is 0 Å². The number of rotatable bonds is 4. The van der Waals surface area contributed by atoms with E-state index in [9.17, 15) is 5.11 Å². The zero-order valence-electron chi connectivity index (χ0n) is 13.9. The Kier molecular flexibility index (Phi) is 5.58. The van der Waals surface area contributed by atoms with Gasteiger partial charge in [0.05, 0.1) is 30.3 Å². The summed E-state index contributed by atoms with van der Waals surface area (Å²) >= 11 is 6.19. The first-order valence-corrected chi connectivity index (χ1v) is 8.48. The van der Waals surface area contributed by atoms with Gasteiger partial charge in [0.1, 0.15) is 5.84 Å². The first-order chi connectivity index (χ1) is 12.2. The van der Waals surface area contributed by atoms with Gasteiger partial charge >= 0.3 is 0 Å². The lowest BCUT2D eigenvalue weighted by Gasteiger charge is -2.08. The summed E-state index contributed by atoms with van der Waals surface area (Å²) in [6, 6.07) is 15.5. The number of hydrogen-bond acceptors (Lipinski definition) is 5. The molecule has 1 aliphatic heterocycles. The third-order valence-electron chi connectivity index (χ3n) is 3.84. The Hall–Kier alpha value is -2.50. The summed E-state index contributed by atoms with van der Waals surface area (Å²) in [5, 5.41) is 14.1. The van der Waals surface area contributed by atoms with E-state index in [0.717, 1.165) is 22.5 Å². The summed E-state index contributed by atoms with van der Waals surface area (Å²) in [7, 11) is 0. The molecule has 0 unspecified atom stereocenters. The molecule has 0 aliphatic carbocycles. The smallest absolute Gasteiger partial charge is 0.144 e. The van der Waals surface area contributed by atoms with Gasteiger partial charge in [-0.2, -0.15) is 5.10 Å². The molecule has 0 radical (unpaired) electrons. The molecule has 25 heavy (non-hydrogen) atoms. The number of nitrogens with zero attached hydrogens (tertiary/aromatic N) is 3. The summed E-state index contributed by atoms with van der Waals surface area (Å²) in [4.78, 5) is 9.36. The fourth-order valence-corrected chi connectivity index (χ4v) is 2.66. The third-order valence-corrected chi connectivity index (χ3v) is 4.07. The molecule has 0 fully saturated rings. The van der Waals surface area contributed by atoms with Gasteiger partial charge in [0.25, 0.3) is 0 Å². The topological polar surface area (TPSA) is 69.3 Å². The molecule has 3 rings (SSSR count). The first kappa shape index (κ1) is 17.3. The van der Waals surface area contributed by atoms with Crippen molar-refractivity contribution in [2.24, 2.45) is 15.1 Å². The van der Waals surface area contributed by atoms with Crippen molar-refractivity contribution in [1.29, 1.82) is 0 Å². The number of aliphatic imine (C=N–C) groups is 2. The van der Waals surface area contributed by atoms with Crippen LogP contribution in [-0.4, -0.2) is 35.5 Å². The predicted molar refractivity (Wildman–Crippen MR) is 103 cm³/mol. The SMILES string of the molecule is CCC(CO)=NNC1=Nc2ccc(Cl)cc2C(c2ccccc2)=NC1. The predicted octanol–water partition coefficient (Wildman–Crippen LogP) is 3.57. The van der Waals surface area contributed by atoms with Gasteiger partial charge in [0.2, 0.25) is 0 Å². The number of amidine groups is 1. The van der Waals surface area contributed by atoms with Crippen molar-refractivity contribution < 1.29 is 5.11 Å². The highest BCUT2D eigenvalue weighted by atomic mass is 35.5. The van der Waals surface area contributed by atoms with E-state index < -0.39 is 0 Å². The molecule has 128 valence electrons. The maximum absolute atomic E-state index is 9.24. The highest BCUT2D eigenvalue weighted by molar-refractivity contribution is 6.31.